The summed E-state index contributed by atoms with van der Waals surface area (Å²) in [5.74, 6) is -8.41. The van der Waals surface area contributed by atoms with Gasteiger partial charge in [0, 0.05) is 51.4 Å². The Morgan fingerprint density at radius 1 is 0.808 bits per heavy atom. The molecule has 17 heteroatoms. The Morgan fingerprint density at radius 3 is 2.27 bits per heavy atom. The van der Waals surface area contributed by atoms with E-state index < -0.39 is 108 Å². The summed E-state index contributed by atoms with van der Waals surface area (Å²) in [6.45, 7) is 12.9. The minimum Gasteiger partial charge on any atom is -0.460 e. The van der Waals surface area contributed by atoms with Gasteiger partial charge in [0.15, 0.2) is 5.78 Å². The summed E-state index contributed by atoms with van der Waals surface area (Å²) in [6.07, 6.45) is 7.79. The summed E-state index contributed by atoms with van der Waals surface area (Å²) in [5, 5.41) is 44.7. The summed E-state index contributed by atoms with van der Waals surface area (Å²) >= 11 is 0. The summed E-state index contributed by atoms with van der Waals surface area (Å²) in [5.41, 5.74) is 1.16. The number of carbonyl (C=O) groups excluding carboxylic acids is 5. The lowest BCUT2D eigenvalue weighted by atomic mass is 9.78. The molecule has 6 aliphatic rings. The number of aliphatic hydroxyl groups is 4. The van der Waals surface area contributed by atoms with E-state index in [-0.39, 0.29) is 74.4 Å². The minimum absolute atomic E-state index is 0.0303. The van der Waals surface area contributed by atoms with Gasteiger partial charge in [0.1, 0.15) is 54.6 Å². The van der Waals surface area contributed by atoms with Crippen LogP contribution in [0.3, 0.4) is 0 Å². The van der Waals surface area contributed by atoms with Gasteiger partial charge in [-0.3, -0.25) is 19.2 Å². The van der Waals surface area contributed by atoms with Crippen LogP contribution in [0.5, 0.6) is 0 Å². The van der Waals surface area contributed by atoms with Crippen molar-refractivity contribution < 1.29 is 77.6 Å². The van der Waals surface area contributed by atoms with Crippen molar-refractivity contribution >= 4 is 29.2 Å². The van der Waals surface area contributed by atoms with Crippen molar-refractivity contribution in [2.75, 3.05) is 34.0 Å². The first kappa shape index (κ1) is 58.8. The molecule has 19 atom stereocenters. The second kappa shape index (κ2) is 26.5. The van der Waals surface area contributed by atoms with Gasteiger partial charge in [-0.05, 0) is 107 Å². The second-order valence-electron chi connectivity index (χ2n) is 22.2. The van der Waals surface area contributed by atoms with Crippen molar-refractivity contribution in [3.63, 3.8) is 0 Å². The van der Waals surface area contributed by atoms with E-state index in [1.807, 2.05) is 51.2 Å². The Kier molecular flexibility index (Phi) is 21.3. The van der Waals surface area contributed by atoms with E-state index in [2.05, 4.69) is 0 Å². The van der Waals surface area contributed by atoms with Crippen molar-refractivity contribution in [2.45, 2.75) is 204 Å². The summed E-state index contributed by atoms with van der Waals surface area (Å²) in [7, 11) is 2.93. The maximum Gasteiger partial charge on any atom is 0.329 e. The average molecular weight is 1030 g/mol. The van der Waals surface area contributed by atoms with E-state index in [1.54, 1.807) is 40.9 Å². The van der Waals surface area contributed by atoms with Gasteiger partial charge in [0.05, 0.1) is 37.6 Å². The number of fused-ring (bicyclic) bond motifs is 4. The maximum atomic E-state index is 14.5. The number of aliphatic hydroxyl groups excluding tert-OH is 3. The number of hydrogen-bond donors (Lipinski definition) is 4. The molecular formula is C56H85NO16. The number of carbonyl (C=O) groups is 5. The van der Waals surface area contributed by atoms with Gasteiger partial charge in [0.25, 0.3) is 11.7 Å². The quantitative estimate of drug-likeness (QED) is 0.148. The van der Waals surface area contributed by atoms with Crippen LogP contribution in [0, 0.1) is 35.5 Å². The first-order chi connectivity index (χ1) is 34.7. The monoisotopic (exact) mass is 1030 g/mol. The first-order valence-electron chi connectivity index (χ1n) is 26.9. The number of ketones is 3. The van der Waals surface area contributed by atoms with Gasteiger partial charge in [-0.2, -0.15) is 0 Å². The fourth-order valence-electron chi connectivity index (χ4n) is 11.8. The zero-order valence-corrected chi connectivity index (χ0v) is 44.6. The van der Waals surface area contributed by atoms with Crippen LogP contribution in [-0.4, -0.2) is 168 Å². The second-order valence-corrected chi connectivity index (χ2v) is 22.2. The lowest BCUT2D eigenvalue weighted by molar-refractivity contribution is -0.266. The molecule has 5 fully saturated rings. The van der Waals surface area contributed by atoms with E-state index in [9.17, 15) is 44.4 Å². The lowest BCUT2D eigenvalue weighted by Crippen LogP contribution is -2.61. The normalized spacial score (nSPS) is 43.2. The maximum absolute atomic E-state index is 14.5. The molecule has 73 heavy (non-hydrogen) atoms. The SMILES string of the molecule is CO[C@@H]1C[C@H](C[C@@H](C)[C@@H]2CC(=O)[C@H](C)/C=C(\C)[C@@H](O)[C@@H](OC)C(=O)[C@H](C)C[C@H](C)/C=C/C=C/C=C(\C)C(O[C@@H]3CO[C@H]4[C@@H]3OC[C@H]4O)C[C@@H]3CC[C@@H](C)[C@@](O)(O3)C(=O)C(=O)N3CCCC[C@H]3C(=O)O2)CC[C@H]1O. The van der Waals surface area contributed by atoms with Crippen LogP contribution >= 0.6 is 0 Å². The number of Topliss-reactive ketones (excluding diaryl/α,β-unsaturated/α-hetero) is 3. The molecule has 4 N–H and O–H groups in total. The lowest BCUT2D eigenvalue weighted by Gasteiger charge is -2.43. The number of cyclic esters (lactones) is 1. The molecule has 6 rings (SSSR count). The summed E-state index contributed by atoms with van der Waals surface area (Å²) in [4.78, 5) is 72.7. The third-order valence-corrected chi connectivity index (χ3v) is 16.5. The predicted molar refractivity (Wildman–Crippen MR) is 268 cm³/mol. The molecule has 0 radical (unpaired) electrons. The van der Waals surface area contributed by atoms with Gasteiger partial charge < -0.3 is 58.5 Å². The van der Waals surface area contributed by atoms with Crippen LogP contribution in [0.4, 0.5) is 0 Å². The zero-order chi connectivity index (χ0) is 53.3. The number of amides is 1. The molecule has 4 saturated heterocycles. The molecule has 2 bridgehead atoms. The zero-order valence-electron chi connectivity index (χ0n) is 44.6. The molecule has 5 aliphatic heterocycles. The number of ether oxygens (including phenoxy) is 7. The fourth-order valence-corrected chi connectivity index (χ4v) is 11.8. The van der Waals surface area contributed by atoms with Crippen molar-refractivity contribution in [3.8, 4) is 0 Å². The Labute approximate surface area is 432 Å². The molecule has 17 nitrogen and oxygen atoms in total. The van der Waals surface area contributed by atoms with Crippen LogP contribution in [0.15, 0.2) is 47.6 Å². The Balaban J connectivity index is 1.31. The third kappa shape index (κ3) is 14.5. The van der Waals surface area contributed by atoms with Gasteiger partial charge in [-0.15, -0.1) is 0 Å². The molecule has 1 aliphatic carbocycles. The molecule has 0 aromatic heterocycles. The number of rotatable bonds is 7. The van der Waals surface area contributed by atoms with Crippen LogP contribution in [0.2, 0.25) is 0 Å². The highest BCUT2D eigenvalue weighted by Gasteiger charge is 2.54. The van der Waals surface area contributed by atoms with Gasteiger partial charge in [0.2, 0.25) is 5.79 Å². The van der Waals surface area contributed by atoms with E-state index in [4.69, 9.17) is 33.2 Å². The minimum atomic E-state index is -2.52. The smallest absolute Gasteiger partial charge is 0.329 e. The van der Waals surface area contributed by atoms with Gasteiger partial charge >= 0.3 is 5.97 Å². The van der Waals surface area contributed by atoms with E-state index >= 15 is 0 Å². The van der Waals surface area contributed by atoms with E-state index in [1.165, 1.54) is 12.0 Å². The fraction of sp³-hybridized carbons (Fsp3) is 0.768. The Morgan fingerprint density at radius 2 is 1.55 bits per heavy atom. The average Bonchev–Trinajstić information content (AvgIpc) is 3.95. The standard InChI is InChI=1S/C56H85NO16/c1-31-15-11-10-12-16-32(2)44(71-47-30-70-50-43(60)29-69-51(47)50)27-39-20-18-37(7)56(66,73-39)53(63)54(64)57-22-14-13-17-40(57)55(65)72-45(34(4)25-38-19-21-41(58)46(26-38)67-8)28-42(59)33(3)24-36(6)49(62)52(68-9)48(61)35(5)23-31/h10-12,15-16,24,31,33-35,37-41,43-47,49-52,58,60,62,66H,13-14,17-23,25-30H2,1-9H3/b12-10+,15-11+,32-16+,36-24+/t31-,33-,34-,35-,37-,38+,39+,40+,41-,43-,44?,45+,46-,47-,49-,50-,51-,52+,56-/m1/s1. The van der Waals surface area contributed by atoms with Gasteiger partial charge in [-0.25, -0.2) is 4.79 Å². The van der Waals surface area contributed by atoms with Crippen molar-refractivity contribution in [2.24, 2.45) is 35.5 Å². The summed E-state index contributed by atoms with van der Waals surface area (Å²) in [6, 6.07) is -1.18. The van der Waals surface area contributed by atoms with Crippen molar-refractivity contribution in [1.82, 2.24) is 4.90 Å². The van der Waals surface area contributed by atoms with E-state index in [0.717, 1.165) is 5.57 Å². The van der Waals surface area contributed by atoms with Crippen LogP contribution in [0.25, 0.3) is 0 Å². The molecule has 410 valence electrons. The number of nitrogens with zero attached hydrogens (tertiary/aromatic N) is 1. The predicted octanol–water partition coefficient (Wildman–Crippen LogP) is 5.08. The largest absolute Gasteiger partial charge is 0.460 e. The Hall–Kier alpha value is -3.49. The topological polar surface area (TPSA) is 234 Å². The number of allylic oxidation sites excluding steroid dienone is 6. The highest BCUT2D eigenvalue weighted by Crippen LogP contribution is 2.39. The molecule has 0 aromatic rings. The molecule has 0 spiro atoms. The molecule has 1 amide bonds. The molecule has 5 heterocycles. The number of piperidine rings is 1. The number of methoxy groups -OCH3 is 2. The molecule has 1 saturated carbocycles. The van der Waals surface area contributed by atoms with Crippen LogP contribution < -0.4 is 0 Å². The number of esters is 1. The molecular weight excluding hydrogens is 943 g/mol. The Bertz CT molecular complexity index is 2040. The number of hydrogen-bond acceptors (Lipinski definition) is 16. The van der Waals surface area contributed by atoms with Crippen molar-refractivity contribution in [3.05, 3.63) is 47.6 Å². The van der Waals surface area contributed by atoms with E-state index in [0.29, 0.717) is 63.4 Å². The van der Waals surface area contributed by atoms with Crippen LogP contribution in [-0.2, 0) is 57.1 Å². The highest BCUT2D eigenvalue weighted by atomic mass is 16.6. The third-order valence-electron chi connectivity index (χ3n) is 16.5. The highest BCUT2D eigenvalue weighted by molar-refractivity contribution is 6.39. The summed E-state index contributed by atoms with van der Waals surface area (Å²) < 4.78 is 42.2. The van der Waals surface area contributed by atoms with Crippen LogP contribution in [0.1, 0.15) is 126 Å². The first-order valence-corrected chi connectivity index (χ1v) is 26.9. The molecule has 1 unspecified atom stereocenters. The van der Waals surface area contributed by atoms with Crippen molar-refractivity contribution in [1.29, 1.82) is 0 Å². The van der Waals surface area contributed by atoms with Gasteiger partial charge in [-0.1, -0.05) is 71.1 Å². The molecule has 0 aromatic carbocycles.